The molecule has 15 heavy (non-hydrogen) atoms. The highest BCUT2D eigenvalue weighted by atomic mass is 79.9. The van der Waals surface area contributed by atoms with Crippen LogP contribution >= 0.6 is 28.3 Å². The molecule has 0 saturated carbocycles. The molecular weight excluding hydrogens is 277 g/mol. The maximum Gasteiger partial charge on any atom is 0.0734 e. The van der Waals surface area contributed by atoms with Crippen LogP contribution in [0.5, 0.6) is 0 Å². The molecule has 0 bridgehead atoms. The summed E-state index contributed by atoms with van der Waals surface area (Å²) in [5.41, 5.74) is 5.65. The van der Waals surface area contributed by atoms with E-state index in [1.807, 2.05) is 19.1 Å². The van der Waals surface area contributed by atoms with Crippen molar-refractivity contribution < 1.29 is 0 Å². The van der Waals surface area contributed by atoms with E-state index in [1.165, 1.54) is 5.56 Å². The second-order valence-corrected chi connectivity index (χ2v) is 3.98. The van der Waals surface area contributed by atoms with Crippen molar-refractivity contribution in [2.45, 2.75) is 6.92 Å². The minimum Gasteiger partial charge on any atom is -0.323 e. The topological polar surface area (TPSA) is 50.9 Å². The van der Waals surface area contributed by atoms with Gasteiger partial charge in [-0.3, -0.25) is 10.8 Å². The summed E-state index contributed by atoms with van der Waals surface area (Å²) in [5.74, 6) is 5.41. The molecule has 1 aromatic heterocycles. The van der Waals surface area contributed by atoms with E-state index < -0.39 is 0 Å². The van der Waals surface area contributed by atoms with Gasteiger partial charge in [-0.25, -0.2) is 0 Å². The first-order chi connectivity index (χ1) is 6.72. The molecule has 3 N–H and O–H groups in total. The van der Waals surface area contributed by atoms with E-state index in [0.29, 0.717) is 0 Å². The van der Waals surface area contributed by atoms with E-state index in [4.69, 9.17) is 5.84 Å². The first-order valence-corrected chi connectivity index (χ1v) is 5.03. The molecule has 2 aromatic rings. The van der Waals surface area contributed by atoms with Gasteiger partial charge in [0.05, 0.1) is 11.2 Å². The molecule has 80 valence electrons. The number of hydrazine groups is 1. The summed E-state index contributed by atoms with van der Waals surface area (Å²) in [7, 11) is 0. The summed E-state index contributed by atoms with van der Waals surface area (Å²) >= 11 is 3.47. The van der Waals surface area contributed by atoms with Crippen LogP contribution < -0.4 is 11.3 Å². The molecule has 0 saturated heterocycles. The van der Waals surface area contributed by atoms with Crippen LogP contribution in [0.1, 0.15) is 5.56 Å². The highest BCUT2D eigenvalue weighted by Gasteiger charge is 2.03. The number of nitrogens with two attached hydrogens (primary N) is 1. The number of hydrogen-bond donors (Lipinski definition) is 2. The lowest BCUT2D eigenvalue weighted by Crippen LogP contribution is -2.07. The minimum absolute atomic E-state index is 0. The van der Waals surface area contributed by atoms with Gasteiger partial charge in [0, 0.05) is 16.1 Å². The molecule has 1 heterocycles. The molecule has 0 amide bonds. The van der Waals surface area contributed by atoms with Gasteiger partial charge in [-0.15, -0.1) is 12.4 Å². The van der Waals surface area contributed by atoms with Crippen molar-refractivity contribution in [1.82, 2.24) is 4.98 Å². The SMILES string of the molecule is Cc1cc2c(NN)ccnc2cc1Br.Cl. The Bertz CT molecular complexity index is 487. The summed E-state index contributed by atoms with van der Waals surface area (Å²) in [6.45, 7) is 2.04. The van der Waals surface area contributed by atoms with E-state index in [9.17, 15) is 0 Å². The first kappa shape index (κ1) is 12.2. The van der Waals surface area contributed by atoms with Crippen LogP contribution in [0.4, 0.5) is 5.69 Å². The van der Waals surface area contributed by atoms with Gasteiger partial charge in [0.1, 0.15) is 0 Å². The second-order valence-electron chi connectivity index (χ2n) is 3.12. The van der Waals surface area contributed by atoms with Crippen molar-refractivity contribution in [1.29, 1.82) is 0 Å². The number of halogens is 2. The number of benzene rings is 1. The third-order valence-electron chi connectivity index (χ3n) is 2.18. The van der Waals surface area contributed by atoms with E-state index in [1.54, 1.807) is 6.20 Å². The lowest BCUT2D eigenvalue weighted by molar-refractivity contribution is 1.32. The summed E-state index contributed by atoms with van der Waals surface area (Å²) in [6.07, 6.45) is 1.74. The summed E-state index contributed by atoms with van der Waals surface area (Å²) < 4.78 is 1.06. The van der Waals surface area contributed by atoms with Crippen LogP contribution in [-0.4, -0.2) is 4.98 Å². The van der Waals surface area contributed by atoms with Gasteiger partial charge in [0.25, 0.3) is 0 Å². The van der Waals surface area contributed by atoms with Crippen molar-refractivity contribution in [2.24, 2.45) is 5.84 Å². The molecule has 0 aliphatic heterocycles. The van der Waals surface area contributed by atoms with Crippen molar-refractivity contribution in [3.05, 3.63) is 34.4 Å². The number of aryl methyl sites for hydroxylation is 1. The van der Waals surface area contributed by atoms with E-state index in [2.05, 4.69) is 32.4 Å². The van der Waals surface area contributed by atoms with Crippen molar-refractivity contribution in [3.63, 3.8) is 0 Å². The molecule has 0 aliphatic rings. The van der Waals surface area contributed by atoms with E-state index in [-0.39, 0.29) is 12.4 Å². The second kappa shape index (κ2) is 4.79. The Labute approximate surface area is 103 Å². The molecule has 1 aromatic carbocycles. The van der Waals surface area contributed by atoms with E-state index in [0.717, 1.165) is 21.1 Å². The normalized spacial score (nSPS) is 9.80. The van der Waals surface area contributed by atoms with Crippen LogP contribution in [0, 0.1) is 6.92 Å². The van der Waals surface area contributed by atoms with Gasteiger partial charge < -0.3 is 5.43 Å². The van der Waals surface area contributed by atoms with Gasteiger partial charge in [0.2, 0.25) is 0 Å². The molecule has 5 heteroatoms. The number of hydrogen-bond acceptors (Lipinski definition) is 3. The largest absolute Gasteiger partial charge is 0.323 e. The molecule has 0 unspecified atom stereocenters. The van der Waals surface area contributed by atoms with E-state index >= 15 is 0 Å². The van der Waals surface area contributed by atoms with Crippen molar-refractivity contribution in [3.8, 4) is 0 Å². The molecule has 0 spiro atoms. The first-order valence-electron chi connectivity index (χ1n) is 4.24. The van der Waals surface area contributed by atoms with Crippen molar-refractivity contribution >= 4 is 44.9 Å². The Hall–Kier alpha value is -0.840. The molecule has 3 nitrogen and oxygen atoms in total. The standard InChI is InChI=1S/C10H10BrN3.ClH/c1-6-4-7-9(14-12)2-3-13-10(7)5-8(6)11;/h2-5H,12H2,1H3,(H,13,14);1H. The van der Waals surface area contributed by atoms with Gasteiger partial charge in [-0.1, -0.05) is 15.9 Å². The fourth-order valence-electron chi connectivity index (χ4n) is 1.40. The zero-order chi connectivity index (χ0) is 10.1. The zero-order valence-electron chi connectivity index (χ0n) is 8.12. The number of nitrogen functional groups attached to an aromatic ring is 1. The number of rotatable bonds is 1. The monoisotopic (exact) mass is 287 g/mol. The Balaban J connectivity index is 0.00000112. The molecule has 0 atom stereocenters. The third kappa shape index (κ3) is 2.22. The van der Waals surface area contributed by atoms with Crippen LogP contribution in [0.2, 0.25) is 0 Å². The Morgan fingerprint density at radius 2 is 2.13 bits per heavy atom. The fourth-order valence-corrected chi connectivity index (χ4v) is 1.73. The summed E-state index contributed by atoms with van der Waals surface area (Å²) in [4.78, 5) is 4.27. The van der Waals surface area contributed by atoms with Crippen LogP contribution in [0.15, 0.2) is 28.9 Å². The Morgan fingerprint density at radius 1 is 1.40 bits per heavy atom. The van der Waals surface area contributed by atoms with Gasteiger partial charge in [-0.05, 0) is 30.7 Å². The molecule has 0 fully saturated rings. The average Bonchev–Trinajstić information content (AvgIpc) is 2.19. The predicted molar refractivity (Wildman–Crippen MR) is 69.2 cm³/mol. The smallest absolute Gasteiger partial charge is 0.0734 e. The number of pyridine rings is 1. The van der Waals surface area contributed by atoms with Gasteiger partial charge >= 0.3 is 0 Å². The van der Waals surface area contributed by atoms with Gasteiger partial charge in [-0.2, -0.15) is 0 Å². The molecular formula is C10H11BrClN3. The summed E-state index contributed by atoms with van der Waals surface area (Å²) in [6, 6.07) is 5.91. The lowest BCUT2D eigenvalue weighted by atomic mass is 10.1. The van der Waals surface area contributed by atoms with Crippen LogP contribution in [0.25, 0.3) is 10.9 Å². The average molecular weight is 289 g/mol. The minimum atomic E-state index is 0. The maximum absolute atomic E-state index is 5.41. The van der Waals surface area contributed by atoms with Crippen LogP contribution in [-0.2, 0) is 0 Å². The highest BCUT2D eigenvalue weighted by Crippen LogP contribution is 2.26. The predicted octanol–water partition coefficient (Wildman–Crippen LogP) is 3.01. The molecule has 2 rings (SSSR count). The Morgan fingerprint density at radius 3 is 2.80 bits per heavy atom. The number of nitrogens with zero attached hydrogens (tertiary/aromatic N) is 1. The van der Waals surface area contributed by atoms with Crippen LogP contribution in [0.3, 0.4) is 0 Å². The summed E-state index contributed by atoms with van der Waals surface area (Å²) in [5, 5.41) is 1.04. The highest BCUT2D eigenvalue weighted by molar-refractivity contribution is 9.10. The van der Waals surface area contributed by atoms with Crippen molar-refractivity contribution in [2.75, 3.05) is 5.43 Å². The molecule has 0 radical (unpaired) electrons. The number of fused-ring (bicyclic) bond motifs is 1. The number of anilines is 1. The number of nitrogens with one attached hydrogen (secondary N) is 1. The fraction of sp³-hybridized carbons (Fsp3) is 0.100. The Kier molecular flexibility index (Phi) is 3.90. The lowest BCUT2D eigenvalue weighted by Gasteiger charge is -2.06. The molecule has 0 aliphatic carbocycles. The quantitative estimate of drug-likeness (QED) is 0.626. The maximum atomic E-state index is 5.41. The zero-order valence-corrected chi connectivity index (χ0v) is 10.5. The van der Waals surface area contributed by atoms with Gasteiger partial charge in [0.15, 0.2) is 0 Å². The number of aromatic nitrogens is 1. The third-order valence-corrected chi connectivity index (χ3v) is 3.03.